The van der Waals surface area contributed by atoms with E-state index >= 15 is 0 Å². The highest BCUT2D eigenvalue weighted by molar-refractivity contribution is 6.31. The summed E-state index contributed by atoms with van der Waals surface area (Å²) in [5.41, 5.74) is -0.295. The molecule has 2 aliphatic rings. The van der Waals surface area contributed by atoms with E-state index in [0.717, 1.165) is 12.3 Å². The van der Waals surface area contributed by atoms with Crippen molar-refractivity contribution in [1.29, 1.82) is 0 Å². The van der Waals surface area contributed by atoms with Crippen LogP contribution in [0.2, 0.25) is 5.02 Å². The van der Waals surface area contributed by atoms with E-state index in [-0.39, 0.29) is 17.6 Å². The van der Waals surface area contributed by atoms with Gasteiger partial charge in [0.05, 0.1) is 5.56 Å². The van der Waals surface area contributed by atoms with Crippen LogP contribution in [0.15, 0.2) is 36.5 Å². The minimum atomic E-state index is -4.41. The third-order valence-electron chi connectivity index (χ3n) is 6.37. The average Bonchev–Trinajstić information content (AvgIpc) is 2.81. The molecular formula is C23H25ClF4N4O. The lowest BCUT2D eigenvalue weighted by atomic mass is 9.95. The zero-order valence-electron chi connectivity index (χ0n) is 18.0. The van der Waals surface area contributed by atoms with Crippen LogP contribution in [0.5, 0.6) is 0 Å². The van der Waals surface area contributed by atoms with Gasteiger partial charge in [-0.3, -0.25) is 9.69 Å². The van der Waals surface area contributed by atoms with E-state index in [0.29, 0.717) is 75.1 Å². The Morgan fingerprint density at radius 2 is 1.73 bits per heavy atom. The van der Waals surface area contributed by atoms with Crippen LogP contribution < -0.4 is 4.90 Å². The highest BCUT2D eigenvalue weighted by Gasteiger charge is 2.33. The Labute approximate surface area is 194 Å². The second-order valence-corrected chi connectivity index (χ2v) is 8.87. The number of piperazine rings is 1. The van der Waals surface area contributed by atoms with Crippen molar-refractivity contribution in [3.63, 3.8) is 0 Å². The van der Waals surface area contributed by atoms with E-state index in [1.807, 2.05) is 9.80 Å². The maximum absolute atomic E-state index is 14.0. The Morgan fingerprint density at radius 1 is 1.03 bits per heavy atom. The van der Waals surface area contributed by atoms with Crippen LogP contribution in [0, 0.1) is 11.7 Å². The molecular weight excluding hydrogens is 460 g/mol. The summed E-state index contributed by atoms with van der Waals surface area (Å²) in [6.45, 7) is 3.99. The molecule has 10 heteroatoms. The van der Waals surface area contributed by atoms with Gasteiger partial charge < -0.3 is 9.80 Å². The maximum atomic E-state index is 14.0. The molecule has 3 heterocycles. The number of anilines is 1. The lowest BCUT2D eigenvalue weighted by Gasteiger charge is -2.39. The molecule has 0 saturated carbocycles. The molecule has 4 rings (SSSR count). The van der Waals surface area contributed by atoms with Gasteiger partial charge in [-0.1, -0.05) is 17.7 Å². The van der Waals surface area contributed by atoms with E-state index in [1.165, 1.54) is 12.1 Å². The summed E-state index contributed by atoms with van der Waals surface area (Å²) in [4.78, 5) is 22.8. The van der Waals surface area contributed by atoms with Gasteiger partial charge in [0.2, 0.25) is 5.91 Å². The molecule has 2 aromatic rings. The molecule has 0 N–H and O–H groups in total. The molecule has 0 atom stereocenters. The van der Waals surface area contributed by atoms with E-state index in [9.17, 15) is 22.4 Å². The van der Waals surface area contributed by atoms with Gasteiger partial charge in [0.1, 0.15) is 11.6 Å². The van der Waals surface area contributed by atoms with Crippen LogP contribution in [0.4, 0.5) is 23.4 Å². The monoisotopic (exact) mass is 484 g/mol. The van der Waals surface area contributed by atoms with Crippen molar-refractivity contribution in [2.75, 3.05) is 44.2 Å². The Kier molecular flexibility index (Phi) is 7.09. The first-order chi connectivity index (χ1) is 15.7. The number of halogens is 5. The number of piperidine rings is 1. The summed E-state index contributed by atoms with van der Waals surface area (Å²) in [6.07, 6.45) is -2.30. The van der Waals surface area contributed by atoms with Crippen LogP contribution in [0.25, 0.3) is 0 Å². The van der Waals surface area contributed by atoms with Gasteiger partial charge in [0, 0.05) is 68.5 Å². The Bertz CT molecular complexity index is 949. The minimum absolute atomic E-state index is 0.108. The zero-order valence-corrected chi connectivity index (χ0v) is 18.7. The van der Waals surface area contributed by atoms with Crippen molar-refractivity contribution < 1.29 is 22.4 Å². The summed E-state index contributed by atoms with van der Waals surface area (Å²) < 4.78 is 52.2. The molecule has 2 fully saturated rings. The number of nitrogens with zero attached hydrogens (tertiary/aromatic N) is 4. The number of benzene rings is 1. The van der Waals surface area contributed by atoms with Crippen LogP contribution in [-0.4, -0.2) is 60.0 Å². The summed E-state index contributed by atoms with van der Waals surface area (Å²) in [5, 5.41) is 0.405. The van der Waals surface area contributed by atoms with E-state index in [1.54, 1.807) is 12.1 Å². The van der Waals surface area contributed by atoms with Gasteiger partial charge in [0.15, 0.2) is 0 Å². The molecule has 5 nitrogen and oxygen atoms in total. The molecule has 0 radical (unpaired) electrons. The summed E-state index contributed by atoms with van der Waals surface area (Å²) in [6, 6.07) is 7.07. The topological polar surface area (TPSA) is 39.7 Å². The highest BCUT2D eigenvalue weighted by Crippen LogP contribution is 2.30. The van der Waals surface area contributed by atoms with Crippen molar-refractivity contribution in [3.8, 4) is 0 Å². The third-order valence-corrected chi connectivity index (χ3v) is 6.72. The molecule has 0 unspecified atom stereocenters. The van der Waals surface area contributed by atoms with Crippen molar-refractivity contribution >= 4 is 23.3 Å². The Morgan fingerprint density at radius 3 is 2.30 bits per heavy atom. The summed E-state index contributed by atoms with van der Waals surface area (Å²) in [7, 11) is 0. The van der Waals surface area contributed by atoms with E-state index in [2.05, 4.69) is 9.88 Å². The van der Waals surface area contributed by atoms with Crippen molar-refractivity contribution in [3.05, 3.63) is 58.5 Å². The Hall–Kier alpha value is -2.39. The van der Waals surface area contributed by atoms with Gasteiger partial charge in [0.25, 0.3) is 0 Å². The standard InChI is InChI=1S/C23H25ClF4N4O/c24-19-2-1-3-20(25)18(19)15-30-10-12-32(13-11-30)22(33)16-6-8-31(9-7-16)21-5-4-17(14-29-21)23(26,27)28/h1-5,14,16H,6-13,15H2. The predicted octanol–water partition coefficient (Wildman–Crippen LogP) is 4.45. The average molecular weight is 485 g/mol. The molecule has 1 aromatic heterocycles. The first-order valence-corrected chi connectivity index (χ1v) is 11.3. The highest BCUT2D eigenvalue weighted by atomic mass is 35.5. The molecule has 2 saturated heterocycles. The fourth-order valence-electron chi connectivity index (χ4n) is 4.39. The smallest absolute Gasteiger partial charge is 0.357 e. The van der Waals surface area contributed by atoms with Gasteiger partial charge in [-0.05, 0) is 37.1 Å². The molecule has 0 aliphatic carbocycles. The third kappa shape index (κ3) is 5.58. The number of amides is 1. The summed E-state index contributed by atoms with van der Waals surface area (Å²) in [5.74, 6) is 0.173. The maximum Gasteiger partial charge on any atom is 0.417 e. The summed E-state index contributed by atoms with van der Waals surface area (Å²) >= 11 is 6.12. The van der Waals surface area contributed by atoms with Crippen LogP contribution >= 0.6 is 11.6 Å². The zero-order chi connectivity index (χ0) is 23.6. The molecule has 1 amide bonds. The van der Waals surface area contributed by atoms with Gasteiger partial charge >= 0.3 is 6.18 Å². The number of alkyl halides is 3. The number of carbonyl (C=O) groups excluding carboxylic acids is 1. The molecule has 2 aliphatic heterocycles. The molecule has 0 bridgehead atoms. The number of hydrogen-bond donors (Lipinski definition) is 0. The predicted molar refractivity (Wildman–Crippen MR) is 117 cm³/mol. The second kappa shape index (κ2) is 9.85. The van der Waals surface area contributed by atoms with Crippen LogP contribution in [0.3, 0.4) is 0 Å². The fourth-order valence-corrected chi connectivity index (χ4v) is 4.61. The van der Waals surface area contributed by atoms with Gasteiger partial charge in [-0.25, -0.2) is 9.37 Å². The van der Waals surface area contributed by atoms with Gasteiger partial charge in [-0.15, -0.1) is 0 Å². The lowest BCUT2D eigenvalue weighted by Crippen LogP contribution is -2.51. The quantitative estimate of drug-likeness (QED) is 0.601. The number of carbonyl (C=O) groups is 1. The van der Waals surface area contributed by atoms with Crippen molar-refractivity contribution in [1.82, 2.24) is 14.8 Å². The molecule has 33 heavy (non-hydrogen) atoms. The number of hydrogen-bond acceptors (Lipinski definition) is 4. The van der Waals surface area contributed by atoms with E-state index in [4.69, 9.17) is 11.6 Å². The lowest BCUT2D eigenvalue weighted by molar-refractivity contribution is -0.138. The van der Waals surface area contributed by atoms with Crippen molar-refractivity contribution in [2.24, 2.45) is 5.92 Å². The van der Waals surface area contributed by atoms with Gasteiger partial charge in [-0.2, -0.15) is 13.2 Å². The van der Waals surface area contributed by atoms with Crippen LogP contribution in [0.1, 0.15) is 24.0 Å². The fraction of sp³-hybridized carbons (Fsp3) is 0.478. The molecule has 0 spiro atoms. The first-order valence-electron chi connectivity index (χ1n) is 10.9. The van der Waals surface area contributed by atoms with E-state index < -0.39 is 11.7 Å². The van der Waals surface area contributed by atoms with Crippen molar-refractivity contribution in [2.45, 2.75) is 25.6 Å². The normalized spacial score (nSPS) is 18.6. The SMILES string of the molecule is O=C(C1CCN(c2ccc(C(F)(F)F)cn2)CC1)N1CCN(Cc2c(F)cccc2Cl)CC1. The molecule has 1 aromatic carbocycles. The Balaban J connectivity index is 1.26. The number of rotatable bonds is 4. The number of pyridine rings is 1. The molecule has 178 valence electrons. The first kappa shape index (κ1) is 23.8. The largest absolute Gasteiger partial charge is 0.417 e. The number of aromatic nitrogens is 1. The minimum Gasteiger partial charge on any atom is -0.357 e. The second-order valence-electron chi connectivity index (χ2n) is 8.47. The van der Waals surface area contributed by atoms with Crippen LogP contribution in [-0.2, 0) is 17.5 Å².